The molecular weight excluding hydrogens is 290 g/mol. The van der Waals surface area contributed by atoms with Crippen LogP contribution in [0, 0.1) is 6.92 Å². The molecule has 2 aromatic carbocycles. The monoisotopic (exact) mass is 313 g/mol. The number of carbonyl (C=O) groups excluding carboxylic acids is 1. The Balaban J connectivity index is 1.96. The van der Waals surface area contributed by atoms with Crippen molar-refractivity contribution in [1.29, 1.82) is 0 Å². The summed E-state index contributed by atoms with van der Waals surface area (Å²) in [6, 6.07) is 15.4. The maximum absolute atomic E-state index is 12.3. The van der Waals surface area contributed by atoms with E-state index in [4.69, 9.17) is 9.47 Å². The minimum atomic E-state index is -0.545. The molecule has 4 nitrogen and oxygen atoms in total. The second kappa shape index (κ2) is 8.22. The summed E-state index contributed by atoms with van der Waals surface area (Å²) in [7, 11) is 1.58. The van der Waals surface area contributed by atoms with Crippen LogP contribution in [0.5, 0.6) is 11.5 Å². The highest BCUT2D eigenvalue weighted by Crippen LogP contribution is 2.27. The van der Waals surface area contributed by atoms with Gasteiger partial charge < -0.3 is 14.8 Å². The molecule has 1 N–H and O–H groups in total. The van der Waals surface area contributed by atoms with Gasteiger partial charge in [-0.15, -0.1) is 0 Å². The van der Waals surface area contributed by atoms with E-state index in [2.05, 4.69) is 5.32 Å². The molecular formula is C19H23NO3. The van der Waals surface area contributed by atoms with Gasteiger partial charge in [-0.1, -0.05) is 48.9 Å². The fourth-order valence-corrected chi connectivity index (χ4v) is 2.20. The zero-order chi connectivity index (χ0) is 16.7. The van der Waals surface area contributed by atoms with Gasteiger partial charge in [0.15, 0.2) is 17.6 Å². The highest BCUT2D eigenvalue weighted by Gasteiger charge is 2.19. The van der Waals surface area contributed by atoms with Crippen LogP contribution in [0.1, 0.15) is 24.5 Å². The number of rotatable bonds is 7. The van der Waals surface area contributed by atoms with Gasteiger partial charge in [0.1, 0.15) is 0 Å². The number of methoxy groups -OCH3 is 1. The molecule has 1 unspecified atom stereocenters. The summed E-state index contributed by atoms with van der Waals surface area (Å²) in [4.78, 5) is 12.3. The molecule has 0 bridgehead atoms. The van der Waals surface area contributed by atoms with Crippen LogP contribution in [0.2, 0.25) is 0 Å². The molecule has 0 aliphatic carbocycles. The lowest BCUT2D eigenvalue weighted by atomic mass is 10.1. The van der Waals surface area contributed by atoms with Gasteiger partial charge in [0.05, 0.1) is 7.11 Å². The molecule has 0 spiro atoms. The molecule has 122 valence electrons. The molecule has 0 aromatic heterocycles. The van der Waals surface area contributed by atoms with Gasteiger partial charge in [-0.2, -0.15) is 0 Å². The molecule has 2 aromatic rings. The molecule has 1 amide bonds. The number of para-hydroxylation sites is 2. The van der Waals surface area contributed by atoms with Crippen molar-refractivity contribution >= 4 is 5.91 Å². The number of nitrogens with one attached hydrogen (secondary N) is 1. The largest absolute Gasteiger partial charge is 0.493 e. The first-order valence-electron chi connectivity index (χ1n) is 7.77. The average Bonchev–Trinajstić information content (AvgIpc) is 2.59. The number of carbonyl (C=O) groups is 1. The van der Waals surface area contributed by atoms with E-state index < -0.39 is 6.10 Å². The van der Waals surface area contributed by atoms with Crippen LogP contribution in [-0.4, -0.2) is 19.1 Å². The Morgan fingerprint density at radius 1 is 1.09 bits per heavy atom. The van der Waals surface area contributed by atoms with E-state index in [1.165, 1.54) is 5.56 Å². The Labute approximate surface area is 137 Å². The summed E-state index contributed by atoms with van der Waals surface area (Å²) in [5.74, 6) is 1.07. The number of hydrogen-bond acceptors (Lipinski definition) is 3. The molecule has 0 saturated heterocycles. The number of aryl methyl sites for hydroxylation is 1. The third kappa shape index (κ3) is 4.74. The smallest absolute Gasteiger partial charge is 0.261 e. The Morgan fingerprint density at radius 2 is 1.74 bits per heavy atom. The van der Waals surface area contributed by atoms with E-state index in [9.17, 15) is 4.79 Å². The van der Waals surface area contributed by atoms with Crippen LogP contribution in [0.15, 0.2) is 48.5 Å². The summed E-state index contributed by atoms with van der Waals surface area (Å²) in [5, 5.41) is 2.92. The second-order valence-electron chi connectivity index (χ2n) is 5.37. The van der Waals surface area contributed by atoms with Crippen molar-refractivity contribution < 1.29 is 14.3 Å². The predicted molar refractivity (Wildman–Crippen MR) is 90.7 cm³/mol. The summed E-state index contributed by atoms with van der Waals surface area (Å²) in [5.41, 5.74) is 2.27. The predicted octanol–water partition coefficient (Wildman–Crippen LogP) is 3.48. The molecule has 0 aliphatic rings. The molecule has 23 heavy (non-hydrogen) atoms. The molecule has 0 heterocycles. The van der Waals surface area contributed by atoms with E-state index in [0.29, 0.717) is 24.5 Å². The first-order valence-corrected chi connectivity index (χ1v) is 7.77. The van der Waals surface area contributed by atoms with E-state index in [1.54, 1.807) is 13.2 Å². The number of ether oxygens (including phenoxy) is 2. The minimum Gasteiger partial charge on any atom is -0.493 e. The van der Waals surface area contributed by atoms with Gasteiger partial charge in [-0.3, -0.25) is 4.79 Å². The SMILES string of the molecule is CCC(Oc1ccccc1OC)C(=O)NCc1ccc(C)cc1. The Hall–Kier alpha value is -2.49. The molecule has 0 aliphatic heterocycles. The molecule has 1 atom stereocenters. The first kappa shape index (κ1) is 16.9. The fourth-order valence-electron chi connectivity index (χ4n) is 2.20. The lowest BCUT2D eigenvalue weighted by molar-refractivity contribution is -0.128. The van der Waals surface area contributed by atoms with Crippen LogP contribution >= 0.6 is 0 Å². The van der Waals surface area contributed by atoms with Crippen molar-refractivity contribution in [2.75, 3.05) is 7.11 Å². The van der Waals surface area contributed by atoms with Crippen molar-refractivity contribution in [2.24, 2.45) is 0 Å². The van der Waals surface area contributed by atoms with Crippen molar-refractivity contribution in [2.45, 2.75) is 32.9 Å². The van der Waals surface area contributed by atoms with E-state index in [1.807, 2.05) is 56.3 Å². The van der Waals surface area contributed by atoms with Gasteiger partial charge in [-0.25, -0.2) is 0 Å². The van der Waals surface area contributed by atoms with Crippen molar-refractivity contribution in [1.82, 2.24) is 5.32 Å². The van der Waals surface area contributed by atoms with Crippen molar-refractivity contribution in [3.63, 3.8) is 0 Å². The number of benzene rings is 2. The van der Waals surface area contributed by atoms with Gasteiger partial charge in [0.2, 0.25) is 0 Å². The van der Waals surface area contributed by atoms with Crippen LogP contribution in [0.25, 0.3) is 0 Å². The van der Waals surface area contributed by atoms with Gasteiger partial charge >= 0.3 is 0 Å². The fraction of sp³-hybridized carbons (Fsp3) is 0.316. The Morgan fingerprint density at radius 3 is 2.35 bits per heavy atom. The Kier molecular flexibility index (Phi) is 6.03. The van der Waals surface area contributed by atoms with Crippen LogP contribution in [0.3, 0.4) is 0 Å². The lowest BCUT2D eigenvalue weighted by Crippen LogP contribution is -2.37. The van der Waals surface area contributed by atoms with Crippen molar-refractivity contribution in [3.8, 4) is 11.5 Å². The van der Waals surface area contributed by atoms with Crippen LogP contribution in [0.4, 0.5) is 0 Å². The molecule has 0 saturated carbocycles. The highest BCUT2D eigenvalue weighted by molar-refractivity contribution is 5.81. The zero-order valence-corrected chi connectivity index (χ0v) is 13.8. The topological polar surface area (TPSA) is 47.6 Å². The van der Waals surface area contributed by atoms with Crippen LogP contribution < -0.4 is 14.8 Å². The molecule has 4 heteroatoms. The van der Waals surface area contributed by atoms with E-state index >= 15 is 0 Å². The summed E-state index contributed by atoms with van der Waals surface area (Å²) < 4.78 is 11.1. The number of amides is 1. The standard InChI is InChI=1S/C19H23NO3/c1-4-16(23-18-8-6-5-7-17(18)22-3)19(21)20-13-15-11-9-14(2)10-12-15/h5-12,16H,4,13H2,1-3H3,(H,20,21). The highest BCUT2D eigenvalue weighted by atomic mass is 16.5. The quantitative estimate of drug-likeness (QED) is 0.851. The Bertz CT molecular complexity index is 637. The average molecular weight is 313 g/mol. The third-order valence-electron chi connectivity index (χ3n) is 3.59. The van der Waals surface area contributed by atoms with Gasteiger partial charge in [-0.05, 0) is 31.0 Å². The van der Waals surface area contributed by atoms with E-state index in [0.717, 1.165) is 5.56 Å². The van der Waals surface area contributed by atoms with Gasteiger partial charge in [0, 0.05) is 6.54 Å². The molecule has 0 radical (unpaired) electrons. The molecule has 2 rings (SSSR count). The summed E-state index contributed by atoms with van der Waals surface area (Å²) >= 11 is 0. The minimum absolute atomic E-state index is 0.126. The van der Waals surface area contributed by atoms with Crippen molar-refractivity contribution in [3.05, 3.63) is 59.7 Å². The maximum Gasteiger partial charge on any atom is 0.261 e. The maximum atomic E-state index is 12.3. The second-order valence-corrected chi connectivity index (χ2v) is 5.37. The normalized spacial score (nSPS) is 11.6. The summed E-state index contributed by atoms with van der Waals surface area (Å²) in [6.45, 7) is 4.45. The third-order valence-corrected chi connectivity index (χ3v) is 3.59. The number of hydrogen-bond donors (Lipinski definition) is 1. The van der Waals surface area contributed by atoms with Crippen LogP contribution in [-0.2, 0) is 11.3 Å². The lowest BCUT2D eigenvalue weighted by Gasteiger charge is -2.18. The summed E-state index contributed by atoms with van der Waals surface area (Å²) in [6.07, 6.45) is 0.0365. The van der Waals surface area contributed by atoms with E-state index in [-0.39, 0.29) is 5.91 Å². The zero-order valence-electron chi connectivity index (χ0n) is 13.8. The molecule has 0 fully saturated rings. The van der Waals surface area contributed by atoms with Gasteiger partial charge in [0.25, 0.3) is 5.91 Å². The first-order chi connectivity index (χ1) is 11.1.